The minimum atomic E-state index is -5.28. The number of benzene rings is 3. The summed E-state index contributed by atoms with van der Waals surface area (Å²) in [5, 5.41) is 5.37. The molecule has 0 aromatic heterocycles. The first-order chi connectivity index (χ1) is 19.5. The molecule has 0 fully saturated rings. The first kappa shape index (κ1) is 30.8. The maximum absolute atomic E-state index is 13.7. The number of hydrogen-bond donors (Lipinski definition) is 2. The van der Waals surface area contributed by atoms with Crippen molar-refractivity contribution in [1.29, 1.82) is 0 Å². The van der Waals surface area contributed by atoms with Crippen LogP contribution in [0, 0.1) is 5.92 Å². The van der Waals surface area contributed by atoms with Gasteiger partial charge in [-0.05, 0) is 36.2 Å². The summed E-state index contributed by atoms with van der Waals surface area (Å²) in [5.74, 6) is -1.13. The molecule has 42 heavy (non-hydrogen) atoms. The molecule has 0 spiro atoms. The molecule has 1 amide bonds. The predicted molar refractivity (Wildman–Crippen MR) is 150 cm³/mol. The fourth-order valence-electron chi connectivity index (χ4n) is 4.78. The van der Waals surface area contributed by atoms with Crippen LogP contribution in [0.15, 0.2) is 62.7 Å². The molecule has 0 saturated carbocycles. The van der Waals surface area contributed by atoms with Crippen LogP contribution >= 0.6 is 0 Å². The van der Waals surface area contributed by atoms with E-state index in [1.807, 2.05) is 0 Å². The van der Waals surface area contributed by atoms with Gasteiger partial charge in [-0.15, -0.1) is 0 Å². The molecule has 0 atom stereocenters. The van der Waals surface area contributed by atoms with Crippen LogP contribution in [0.25, 0.3) is 33.4 Å². The van der Waals surface area contributed by atoms with Gasteiger partial charge in [-0.25, -0.2) is 16.8 Å². The number of hydrogen-bond acceptors (Lipinski definition) is 10. The minimum absolute atomic E-state index is 0.00979. The smallest absolute Gasteiger partial charge is 0.254 e. The lowest BCUT2D eigenvalue weighted by Crippen LogP contribution is -2.47. The van der Waals surface area contributed by atoms with Crippen molar-refractivity contribution in [3.8, 4) is 22.5 Å². The van der Waals surface area contributed by atoms with E-state index in [9.17, 15) is 35.5 Å². The monoisotopic (exact) mass is 614 g/mol. The Balaban J connectivity index is 2.04. The number of nitrogens with two attached hydrogens (primary N) is 2. The zero-order valence-electron chi connectivity index (χ0n) is 22.9. The number of amides is 1. The van der Waals surface area contributed by atoms with Crippen molar-refractivity contribution < 1.29 is 45.4 Å². The molecule has 1 aliphatic heterocycles. The van der Waals surface area contributed by atoms with Gasteiger partial charge in [0.25, 0.3) is 5.91 Å². The van der Waals surface area contributed by atoms with Gasteiger partial charge in [0, 0.05) is 54.1 Å². The maximum atomic E-state index is 13.7. The van der Waals surface area contributed by atoms with Crippen LogP contribution in [0.5, 0.6) is 0 Å². The molecule has 0 saturated heterocycles. The highest BCUT2D eigenvalue weighted by Gasteiger charge is 2.30. The molecule has 0 unspecified atom stereocenters. The highest BCUT2D eigenvalue weighted by atomic mass is 32.2. The van der Waals surface area contributed by atoms with Gasteiger partial charge in [0.1, 0.15) is 30.9 Å². The van der Waals surface area contributed by atoms with E-state index in [1.54, 1.807) is 39.1 Å². The first-order valence-corrected chi connectivity index (χ1v) is 15.6. The van der Waals surface area contributed by atoms with E-state index in [2.05, 4.69) is 0 Å². The second kappa shape index (κ2) is 11.3. The molecule has 4 N–H and O–H groups in total. The molecule has 0 bridgehead atoms. The third-order valence-corrected chi connectivity index (χ3v) is 8.70. The summed E-state index contributed by atoms with van der Waals surface area (Å²) in [7, 11) is -9.00. The topological polar surface area (TPSA) is 217 Å². The summed E-state index contributed by atoms with van der Waals surface area (Å²) in [6, 6.07) is 11.3. The number of carbonyl (C=O) groups is 2. The normalized spacial score (nSPS) is 12.2. The summed E-state index contributed by atoms with van der Waals surface area (Å²) < 4.78 is 79.3. The van der Waals surface area contributed by atoms with Crippen molar-refractivity contribution in [2.45, 2.75) is 36.5 Å². The quantitative estimate of drug-likeness (QED) is 0.157. The summed E-state index contributed by atoms with van der Waals surface area (Å²) in [6.07, 6.45) is 0.708. The summed E-state index contributed by atoms with van der Waals surface area (Å²) >= 11 is 0. The van der Waals surface area contributed by atoms with Gasteiger partial charge in [-0.2, -0.15) is 0 Å². The molecule has 1 heterocycles. The van der Waals surface area contributed by atoms with E-state index >= 15 is 0 Å². The number of nitrogen functional groups attached to an aromatic ring is 1. The molecule has 14 heteroatoms. The summed E-state index contributed by atoms with van der Waals surface area (Å²) in [5.41, 5.74) is 5.23. The lowest BCUT2D eigenvalue weighted by molar-refractivity contribution is -0.176. The van der Waals surface area contributed by atoms with Gasteiger partial charge < -0.3 is 24.2 Å². The zero-order chi connectivity index (χ0) is 31.1. The highest BCUT2D eigenvalue weighted by molar-refractivity contribution is 7.86. The lowest BCUT2D eigenvalue weighted by Gasteiger charge is -2.23. The maximum Gasteiger partial charge on any atom is 0.254 e. The van der Waals surface area contributed by atoms with Crippen molar-refractivity contribution in [3.05, 3.63) is 59.5 Å². The Kier molecular flexibility index (Phi) is 8.29. The van der Waals surface area contributed by atoms with E-state index in [0.29, 0.717) is 6.42 Å². The fourth-order valence-corrected chi connectivity index (χ4v) is 6.25. The van der Waals surface area contributed by atoms with Crippen LogP contribution in [0.1, 0.15) is 37.0 Å². The molecule has 222 valence electrons. The van der Waals surface area contributed by atoms with Crippen molar-refractivity contribution in [2.75, 3.05) is 19.3 Å². The van der Waals surface area contributed by atoms with Crippen molar-refractivity contribution in [2.24, 2.45) is 5.92 Å². The van der Waals surface area contributed by atoms with Crippen molar-refractivity contribution in [1.82, 2.24) is 4.90 Å². The van der Waals surface area contributed by atoms with E-state index < -0.39 is 58.3 Å². The third-order valence-electron chi connectivity index (χ3n) is 6.86. The largest absolute Gasteiger partial charge is 0.744 e. The second-order valence-electron chi connectivity index (χ2n) is 10.1. The Bertz CT molecular complexity index is 1980. The number of fused-ring (bicyclic) bond motifs is 2. The van der Waals surface area contributed by atoms with Gasteiger partial charge in [0.15, 0.2) is 16.2 Å². The van der Waals surface area contributed by atoms with Gasteiger partial charge in [0.2, 0.25) is 5.36 Å². The molecule has 2 aromatic rings. The van der Waals surface area contributed by atoms with Crippen LogP contribution < -0.4 is 16.5 Å². The number of ketones is 1. The fraction of sp³-hybridized carbons (Fsp3) is 0.250. The highest BCUT2D eigenvalue weighted by Crippen LogP contribution is 2.45. The van der Waals surface area contributed by atoms with Gasteiger partial charge in [-0.3, -0.25) is 15.0 Å². The van der Waals surface area contributed by atoms with E-state index in [4.69, 9.17) is 15.6 Å². The number of anilines is 1. The Morgan fingerprint density at radius 2 is 1.60 bits per heavy atom. The second-order valence-corrected chi connectivity index (χ2v) is 12.7. The minimum Gasteiger partial charge on any atom is -0.744 e. The van der Waals surface area contributed by atoms with Crippen molar-refractivity contribution in [3.63, 3.8) is 0 Å². The molecule has 0 radical (unpaired) electrons. The zero-order valence-corrected chi connectivity index (χ0v) is 24.5. The molecule has 2 aliphatic rings. The van der Waals surface area contributed by atoms with Crippen LogP contribution in [0.4, 0.5) is 5.69 Å². The predicted octanol–water partition coefficient (Wildman–Crippen LogP) is 1.33. The Hall–Kier alpha value is -4.11. The van der Waals surface area contributed by atoms with Gasteiger partial charge in [-0.1, -0.05) is 32.0 Å². The third kappa shape index (κ3) is 5.79. The van der Waals surface area contributed by atoms with Crippen LogP contribution in [0.3, 0.4) is 0 Å². The average Bonchev–Trinajstić information content (AvgIpc) is 2.89. The van der Waals surface area contributed by atoms with E-state index in [-0.39, 0.29) is 52.3 Å². The van der Waals surface area contributed by atoms with Gasteiger partial charge in [0.05, 0.1) is 5.69 Å². The standard InChI is InChI=1S/C28H29N3O9S2/c1-15(2)22(32)9-6-14-31(3)28(33)17-8-5-4-7-16(17)23-18-10-12-20(29)26(41(34,35)36)24(18)40-25-19(23)11-13-21(30)27(25)42(37,38)39/h4-5,7-8,10-13,15,29H,6,9,14,30H2,1-3H3,(H,34,35,36)(H,37,38,39)/p-1. The number of carbonyl (C=O) groups excluding carboxylic acids is 2. The lowest BCUT2D eigenvalue weighted by atomic mass is 9.90. The summed E-state index contributed by atoms with van der Waals surface area (Å²) in [6.45, 7) is 3.84. The van der Waals surface area contributed by atoms with Gasteiger partial charge >= 0.3 is 0 Å². The molecule has 4 rings (SSSR count). The Morgan fingerprint density at radius 3 is 2.21 bits per heavy atom. The number of nitrogens with zero attached hydrogens (tertiary/aromatic N) is 1. The SMILES string of the molecule is CC(C)C(=O)CCCN(C)C(=O)c1ccccc1-c1c2ccc(=[NH2+])c(S(=O)(=O)[O-])c-2oc2c(S(=O)(=O)[O-])c(N)ccc12. The summed E-state index contributed by atoms with van der Waals surface area (Å²) in [4.78, 5) is 25.2. The van der Waals surface area contributed by atoms with Crippen molar-refractivity contribution >= 4 is 48.6 Å². The molecule has 1 aliphatic carbocycles. The van der Waals surface area contributed by atoms with Crippen LogP contribution in [0.2, 0.25) is 0 Å². The first-order valence-electron chi connectivity index (χ1n) is 12.7. The molecular formula is C28H28N3O9S2-. The van der Waals surface area contributed by atoms with Crippen LogP contribution in [-0.2, 0) is 25.0 Å². The molecule has 12 nitrogen and oxygen atoms in total. The van der Waals surface area contributed by atoms with Crippen LogP contribution in [-0.4, -0.2) is 56.1 Å². The van der Waals surface area contributed by atoms with E-state index in [0.717, 1.165) is 0 Å². The number of Topliss-reactive ketones (excluding diaryl/α,β-unsaturated/α-hetero) is 1. The van der Waals surface area contributed by atoms with E-state index in [1.165, 1.54) is 35.2 Å². The Morgan fingerprint density at radius 1 is 0.952 bits per heavy atom. The average molecular weight is 615 g/mol. The molecule has 2 aromatic carbocycles. The Labute approximate surface area is 242 Å². The number of rotatable bonds is 9. The molecular weight excluding hydrogens is 586 g/mol.